The van der Waals surface area contributed by atoms with Gasteiger partial charge in [-0.3, -0.25) is 0 Å². The molecule has 112 valence electrons. The maximum absolute atomic E-state index is 9.95. The lowest BCUT2D eigenvalue weighted by molar-refractivity contribution is 0.191. The van der Waals surface area contributed by atoms with Crippen LogP contribution in [0.2, 0.25) is 0 Å². The third kappa shape index (κ3) is 2.92. The maximum atomic E-state index is 9.95. The molecule has 1 saturated heterocycles. The summed E-state index contributed by atoms with van der Waals surface area (Å²) in [6.45, 7) is 1.35. The van der Waals surface area contributed by atoms with E-state index in [0.717, 1.165) is 6.54 Å². The van der Waals surface area contributed by atoms with Crippen LogP contribution in [0.4, 0.5) is 11.6 Å². The molecule has 2 heterocycles. The number of anilines is 2. The first kappa shape index (κ1) is 14.8. The molecule has 8 heteroatoms. The average Bonchev–Trinajstić information content (AvgIpc) is 2.77. The molecule has 2 unspecified atom stereocenters. The van der Waals surface area contributed by atoms with Gasteiger partial charge in [0.2, 0.25) is 5.75 Å². The monoisotopic (exact) mass is 282 g/mol. The zero-order chi connectivity index (χ0) is 14.7. The van der Waals surface area contributed by atoms with Gasteiger partial charge in [-0.05, 0) is 20.5 Å². The van der Waals surface area contributed by atoms with E-state index in [1.54, 1.807) is 7.11 Å². The Balaban J connectivity index is 2.33. The average molecular weight is 282 g/mol. The lowest BCUT2D eigenvalue weighted by atomic mass is 10.2. The van der Waals surface area contributed by atoms with Gasteiger partial charge in [0.15, 0.2) is 11.6 Å². The fraction of sp³-hybridized carbons (Fsp3) is 0.667. The van der Waals surface area contributed by atoms with Gasteiger partial charge in [-0.1, -0.05) is 0 Å². The SMILES string of the molecule is COc1c(NN)ncnc1N1CC(O)CC1CN(C)C. The summed E-state index contributed by atoms with van der Waals surface area (Å²) in [6, 6.07) is 0.175. The molecule has 4 N–H and O–H groups in total. The maximum Gasteiger partial charge on any atom is 0.205 e. The summed E-state index contributed by atoms with van der Waals surface area (Å²) in [5.74, 6) is 7.02. The largest absolute Gasteiger partial charge is 0.490 e. The van der Waals surface area contributed by atoms with E-state index in [9.17, 15) is 5.11 Å². The summed E-state index contributed by atoms with van der Waals surface area (Å²) >= 11 is 0. The molecule has 2 atom stereocenters. The third-order valence-corrected chi connectivity index (χ3v) is 3.37. The van der Waals surface area contributed by atoms with E-state index in [0.29, 0.717) is 30.4 Å². The number of rotatable bonds is 5. The quantitative estimate of drug-likeness (QED) is 0.480. The number of hydrazine groups is 1. The van der Waals surface area contributed by atoms with Crippen molar-refractivity contribution in [3.63, 3.8) is 0 Å². The smallest absolute Gasteiger partial charge is 0.205 e. The van der Waals surface area contributed by atoms with Crippen LogP contribution in [0.3, 0.4) is 0 Å². The molecule has 1 fully saturated rings. The Morgan fingerprint density at radius 1 is 1.55 bits per heavy atom. The second kappa shape index (κ2) is 6.21. The Labute approximate surface area is 118 Å². The van der Waals surface area contributed by atoms with Crippen molar-refractivity contribution in [1.29, 1.82) is 0 Å². The number of aliphatic hydroxyl groups is 1. The highest BCUT2D eigenvalue weighted by atomic mass is 16.5. The van der Waals surface area contributed by atoms with E-state index in [4.69, 9.17) is 10.6 Å². The first-order chi connectivity index (χ1) is 9.56. The zero-order valence-electron chi connectivity index (χ0n) is 12.1. The molecule has 0 aliphatic carbocycles. The Hall–Kier alpha value is -1.64. The Bertz CT molecular complexity index is 456. The summed E-state index contributed by atoms with van der Waals surface area (Å²) in [7, 11) is 5.57. The number of β-amino-alcohol motifs (C(OH)–C–C–N with tert-alkyl or cyclic N) is 1. The fourth-order valence-electron chi connectivity index (χ4n) is 2.61. The van der Waals surface area contributed by atoms with Gasteiger partial charge in [0.25, 0.3) is 0 Å². The van der Waals surface area contributed by atoms with Crippen molar-refractivity contribution >= 4 is 11.6 Å². The van der Waals surface area contributed by atoms with Gasteiger partial charge in [-0.2, -0.15) is 0 Å². The first-order valence-electron chi connectivity index (χ1n) is 6.51. The minimum Gasteiger partial charge on any atom is -0.490 e. The van der Waals surface area contributed by atoms with Crippen LogP contribution in [0.1, 0.15) is 6.42 Å². The van der Waals surface area contributed by atoms with Gasteiger partial charge in [0.05, 0.1) is 13.2 Å². The number of ether oxygens (including phenoxy) is 1. The van der Waals surface area contributed by atoms with Crippen molar-refractivity contribution in [2.45, 2.75) is 18.6 Å². The number of likely N-dealkylation sites (N-methyl/N-ethyl adjacent to an activating group) is 1. The minimum atomic E-state index is -0.367. The lowest BCUT2D eigenvalue weighted by Gasteiger charge is -2.28. The number of hydrogen-bond donors (Lipinski definition) is 3. The van der Waals surface area contributed by atoms with Gasteiger partial charge in [0, 0.05) is 19.1 Å². The standard InChI is InChI=1S/C12H22N6O2/c1-17(2)5-8-4-9(19)6-18(8)12-10(20-3)11(16-13)14-7-15-12/h7-9,19H,4-6,13H2,1-3H3,(H,14,15,16). The van der Waals surface area contributed by atoms with Crippen LogP contribution in [0.5, 0.6) is 5.75 Å². The first-order valence-corrected chi connectivity index (χ1v) is 6.51. The minimum absolute atomic E-state index is 0.175. The highest BCUT2D eigenvalue weighted by molar-refractivity contribution is 5.65. The molecule has 0 saturated carbocycles. The molecule has 1 aliphatic rings. The molecule has 1 aliphatic heterocycles. The van der Waals surface area contributed by atoms with Crippen molar-refractivity contribution in [2.24, 2.45) is 5.84 Å². The topological polar surface area (TPSA) is 99.8 Å². The normalized spacial score (nSPS) is 22.4. The number of aromatic nitrogens is 2. The number of nitrogens with one attached hydrogen (secondary N) is 1. The van der Waals surface area contributed by atoms with Gasteiger partial charge in [-0.25, -0.2) is 15.8 Å². The Kier molecular flexibility index (Phi) is 4.58. The third-order valence-electron chi connectivity index (χ3n) is 3.37. The molecule has 0 spiro atoms. The molecular formula is C12H22N6O2. The highest BCUT2D eigenvalue weighted by Gasteiger charge is 2.34. The lowest BCUT2D eigenvalue weighted by Crippen LogP contribution is -2.38. The Morgan fingerprint density at radius 3 is 2.90 bits per heavy atom. The van der Waals surface area contributed by atoms with Crippen LogP contribution in [0.15, 0.2) is 6.33 Å². The van der Waals surface area contributed by atoms with Crippen molar-refractivity contribution < 1.29 is 9.84 Å². The number of nitrogens with zero attached hydrogens (tertiary/aromatic N) is 4. The van der Waals surface area contributed by atoms with E-state index >= 15 is 0 Å². The molecule has 0 bridgehead atoms. The van der Waals surface area contributed by atoms with Gasteiger partial charge < -0.3 is 25.1 Å². The van der Waals surface area contributed by atoms with E-state index in [1.807, 2.05) is 19.0 Å². The summed E-state index contributed by atoms with van der Waals surface area (Å²) in [5.41, 5.74) is 2.50. The molecule has 0 aromatic carbocycles. The molecule has 2 rings (SSSR count). The summed E-state index contributed by atoms with van der Waals surface area (Å²) in [4.78, 5) is 12.5. The molecule has 1 aromatic heterocycles. The van der Waals surface area contributed by atoms with E-state index in [2.05, 4.69) is 20.3 Å². The fourth-order valence-corrected chi connectivity index (χ4v) is 2.61. The number of aliphatic hydroxyl groups excluding tert-OH is 1. The van der Waals surface area contributed by atoms with Crippen LogP contribution in [-0.4, -0.2) is 66.4 Å². The Morgan fingerprint density at radius 2 is 2.30 bits per heavy atom. The van der Waals surface area contributed by atoms with Crippen molar-refractivity contribution in [2.75, 3.05) is 44.6 Å². The van der Waals surface area contributed by atoms with Gasteiger partial charge in [-0.15, -0.1) is 0 Å². The second-order valence-electron chi connectivity index (χ2n) is 5.18. The highest BCUT2D eigenvalue weighted by Crippen LogP contribution is 2.35. The number of methoxy groups -OCH3 is 1. The van der Waals surface area contributed by atoms with Crippen LogP contribution >= 0.6 is 0 Å². The van der Waals surface area contributed by atoms with Gasteiger partial charge in [0.1, 0.15) is 6.33 Å². The molecule has 0 radical (unpaired) electrons. The number of hydrogen-bond acceptors (Lipinski definition) is 8. The number of nitrogens with two attached hydrogens (primary N) is 1. The predicted molar refractivity (Wildman–Crippen MR) is 76.7 cm³/mol. The van der Waals surface area contributed by atoms with Crippen molar-refractivity contribution in [3.8, 4) is 5.75 Å². The van der Waals surface area contributed by atoms with E-state index < -0.39 is 0 Å². The summed E-state index contributed by atoms with van der Waals surface area (Å²) < 4.78 is 5.36. The molecule has 0 amide bonds. The van der Waals surface area contributed by atoms with Crippen LogP contribution in [-0.2, 0) is 0 Å². The van der Waals surface area contributed by atoms with Gasteiger partial charge >= 0.3 is 0 Å². The van der Waals surface area contributed by atoms with Crippen LogP contribution in [0, 0.1) is 0 Å². The van der Waals surface area contributed by atoms with Crippen LogP contribution in [0.25, 0.3) is 0 Å². The van der Waals surface area contributed by atoms with E-state index in [-0.39, 0.29) is 12.1 Å². The summed E-state index contributed by atoms with van der Waals surface area (Å²) in [6.07, 6.45) is 1.77. The van der Waals surface area contributed by atoms with Crippen molar-refractivity contribution in [3.05, 3.63) is 6.33 Å². The summed E-state index contributed by atoms with van der Waals surface area (Å²) in [5, 5.41) is 9.95. The predicted octanol–water partition coefficient (Wildman–Crippen LogP) is -0.728. The zero-order valence-corrected chi connectivity index (χ0v) is 12.1. The number of nitrogen functional groups attached to an aromatic ring is 1. The molecule has 20 heavy (non-hydrogen) atoms. The van der Waals surface area contributed by atoms with E-state index in [1.165, 1.54) is 6.33 Å². The van der Waals surface area contributed by atoms with Crippen molar-refractivity contribution in [1.82, 2.24) is 14.9 Å². The molecule has 8 nitrogen and oxygen atoms in total. The molecular weight excluding hydrogens is 260 g/mol. The molecule has 1 aromatic rings. The second-order valence-corrected chi connectivity index (χ2v) is 5.18. The van der Waals surface area contributed by atoms with Crippen LogP contribution < -0.4 is 20.9 Å².